The van der Waals surface area contributed by atoms with Crippen molar-refractivity contribution in [3.8, 4) is 9.88 Å². The number of ether oxygens (including phenoxy) is 1. The number of aryl methyl sites for hydroxylation is 1. The van der Waals surface area contributed by atoms with E-state index in [0.29, 0.717) is 0 Å². The lowest BCUT2D eigenvalue weighted by Crippen LogP contribution is -2.18. The van der Waals surface area contributed by atoms with Crippen molar-refractivity contribution in [2.75, 3.05) is 20.3 Å². The highest BCUT2D eigenvalue weighted by Gasteiger charge is 2.09. The molecule has 0 saturated heterocycles. The summed E-state index contributed by atoms with van der Waals surface area (Å²) in [6, 6.07) is 2.11. The normalized spacial score (nSPS) is 10.9. The van der Waals surface area contributed by atoms with Gasteiger partial charge in [-0.1, -0.05) is 11.3 Å². The van der Waals surface area contributed by atoms with Crippen LogP contribution in [-0.4, -0.2) is 30.5 Å². The Balaban J connectivity index is 1.95. The number of nitrogens with zero attached hydrogens (tertiary/aromatic N) is 2. The van der Waals surface area contributed by atoms with Gasteiger partial charge >= 0.3 is 0 Å². The van der Waals surface area contributed by atoms with Gasteiger partial charge in [-0.25, -0.2) is 0 Å². The number of thiophene rings is 1. The maximum Gasteiger partial charge on any atom is 0.158 e. The quantitative estimate of drug-likeness (QED) is 0.818. The fourth-order valence-electron chi connectivity index (χ4n) is 1.38. The van der Waals surface area contributed by atoms with E-state index in [2.05, 4.69) is 33.9 Å². The van der Waals surface area contributed by atoms with Gasteiger partial charge in [0.1, 0.15) is 5.01 Å². The number of methoxy groups -OCH3 is 1. The van der Waals surface area contributed by atoms with E-state index in [1.54, 1.807) is 29.8 Å². The van der Waals surface area contributed by atoms with Crippen LogP contribution in [0.15, 0.2) is 11.4 Å². The summed E-state index contributed by atoms with van der Waals surface area (Å²) in [5, 5.41) is 15.8. The van der Waals surface area contributed by atoms with Crippen molar-refractivity contribution in [2.24, 2.45) is 0 Å². The highest BCUT2D eigenvalue weighted by atomic mass is 32.1. The Labute approximate surface area is 109 Å². The first-order chi connectivity index (χ1) is 8.31. The predicted molar refractivity (Wildman–Crippen MR) is 71.5 cm³/mol. The zero-order valence-electron chi connectivity index (χ0n) is 9.90. The third-order valence-electron chi connectivity index (χ3n) is 2.28. The molecule has 2 heterocycles. The van der Waals surface area contributed by atoms with Gasteiger partial charge in [-0.15, -0.1) is 21.5 Å². The van der Waals surface area contributed by atoms with Crippen molar-refractivity contribution >= 4 is 22.7 Å². The molecule has 0 saturated carbocycles. The predicted octanol–water partition coefficient (Wildman–Crippen LogP) is 2.31. The molecule has 0 aliphatic heterocycles. The Hall–Kier alpha value is -0.820. The smallest absolute Gasteiger partial charge is 0.158 e. The molecule has 4 nitrogen and oxygen atoms in total. The molecule has 0 bridgehead atoms. The minimum Gasteiger partial charge on any atom is -0.383 e. The number of aromatic nitrogens is 2. The Morgan fingerprint density at radius 1 is 1.41 bits per heavy atom. The molecular weight excluding hydrogens is 254 g/mol. The summed E-state index contributed by atoms with van der Waals surface area (Å²) in [5.74, 6) is 0. The second-order valence-electron chi connectivity index (χ2n) is 3.60. The summed E-state index contributed by atoms with van der Waals surface area (Å²) in [6.07, 6.45) is 0. The Bertz CT molecular complexity index is 467. The largest absolute Gasteiger partial charge is 0.383 e. The lowest BCUT2D eigenvalue weighted by Gasteiger charge is -1.99. The molecule has 0 amide bonds. The molecule has 0 fully saturated rings. The first kappa shape index (κ1) is 12.6. The van der Waals surface area contributed by atoms with Crippen LogP contribution in [0.1, 0.15) is 10.6 Å². The van der Waals surface area contributed by atoms with Crippen LogP contribution in [0.2, 0.25) is 0 Å². The molecular formula is C11H15N3OS2. The van der Waals surface area contributed by atoms with Crippen LogP contribution in [0.3, 0.4) is 0 Å². The van der Waals surface area contributed by atoms with Crippen molar-refractivity contribution in [1.29, 1.82) is 0 Å². The fraction of sp³-hybridized carbons (Fsp3) is 0.455. The summed E-state index contributed by atoms with van der Waals surface area (Å²) in [6.45, 7) is 4.41. The van der Waals surface area contributed by atoms with Gasteiger partial charge in [-0.3, -0.25) is 0 Å². The van der Waals surface area contributed by atoms with Crippen LogP contribution in [0.4, 0.5) is 0 Å². The molecule has 92 valence electrons. The van der Waals surface area contributed by atoms with Gasteiger partial charge in [0.15, 0.2) is 5.01 Å². The van der Waals surface area contributed by atoms with Crippen molar-refractivity contribution in [3.63, 3.8) is 0 Å². The molecule has 17 heavy (non-hydrogen) atoms. The Morgan fingerprint density at radius 3 is 3.00 bits per heavy atom. The molecule has 0 atom stereocenters. The number of hydrogen-bond acceptors (Lipinski definition) is 6. The maximum absolute atomic E-state index is 4.97. The van der Waals surface area contributed by atoms with Crippen LogP contribution in [0.25, 0.3) is 9.88 Å². The second-order valence-corrected chi connectivity index (χ2v) is 5.58. The molecule has 2 aromatic heterocycles. The van der Waals surface area contributed by atoms with E-state index in [4.69, 9.17) is 4.74 Å². The average molecular weight is 269 g/mol. The summed E-state index contributed by atoms with van der Waals surface area (Å²) >= 11 is 3.36. The Morgan fingerprint density at radius 2 is 2.29 bits per heavy atom. The third-order valence-corrected chi connectivity index (χ3v) is 4.38. The number of rotatable bonds is 6. The topological polar surface area (TPSA) is 47.0 Å². The van der Waals surface area contributed by atoms with Crippen LogP contribution in [-0.2, 0) is 11.3 Å². The lowest BCUT2D eigenvalue weighted by atomic mass is 10.3. The van der Waals surface area contributed by atoms with Crippen LogP contribution >= 0.6 is 22.7 Å². The highest BCUT2D eigenvalue weighted by Crippen LogP contribution is 2.31. The standard InChI is InChI=1S/C11H15N3OS2/c1-8-3-6-16-10(8)11-14-13-9(17-11)7-12-4-5-15-2/h3,6,12H,4-5,7H2,1-2H3. The zero-order chi connectivity index (χ0) is 12.1. The van der Waals surface area contributed by atoms with E-state index < -0.39 is 0 Å². The van der Waals surface area contributed by atoms with E-state index in [0.717, 1.165) is 29.7 Å². The highest BCUT2D eigenvalue weighted by molar-refractivity contribution is 7.20. The van der Waals surface area contributed by atoms with Gasteiger partial charge in [0.2, 0.25) is 0 Å². The van der Waals surface area contributed by atoms with E-state index in [9.17, 15) is 0 Å². The minimum atomic E-state index is 0.718. The van der Waals surface area contributed by atoms with Gasteiger partial charge in [0, 0.05) is 20.2 Å². The van der Waals surface area contributed by atoms with Crippen molar-refractivity contribution < 1.29 is 4.74 Å². The summed E-state index contributed by atoms with van der Waals surface area (Å²) in [7, 11) is 1.70. The average Bonchev–Trinajstić information content (AvgIpc) is 2.93. The van der Waals surface area contributed by atoms with E-state index >= 15 is 0 Å². The lowest BCUT2D eigenvalue weighted by molar-refractivity contribution is 0.199. The number of nitrogens with one attached hydrogen (secondary N) is 1. The summed E-state index contributed by atoms with van der Waals surface area (Å²) in [4.78, 5) is 1.23. The SMILES string of the molecule is COCCNCc1nnc(-c2sccc2C)s1. The summed E-state index contributed by atoms with van der Waals surface area (Å²) < 4.78 is 4.97. The molecule has 2 rings (SSSR count). The first-order valence-corrected chi connectivity index (χ1v) is 7.07. The summed E-state index contributed by atoms with van der Waals surface area (Å²) in [5.41, 5.74) is 1.27. The van der Waals surface area contributed by atoms with Crippen molar-refractivity contribution in [1.82, 2.24) is 15.5 Å². The molecule has 0 spiro atoms. The minimum absolute atomic E-state index is 0.718. The second kappa shape index (κ2) is 6.20. The van der Waals surface area contributed by atoms with Crippen molar-refractivity contribution in [3.05, 3.63) is 22.0 Å². The molecule has 0 radical (unpaired) electrons. The maximum atomic E-state index is 4.97. The monoisotopic (exact) mass is 269 g/mol. The molecule has 0 aliphatic rings. The van der Waals surface area contributed by atoms with Crippen LogP contribution in [0.5, 0.6) is 0 Å². The molecule has 1 N–H and O–H groups in total. The van der Waals surface area contributed by atoms with Gasteiger partial charge in [0.25, 0.3) is 0 Å². The Kier molecular flexibility index (Phi) is 4.61. The molecule has 6 heteroatoms. The van der Waals surface area contributed by atoms with E-state index in [-0.39, 0.29) is 0 Å². The molecule has 0 aliphatic carbocycles. The van der Waals surface area contributed by atoms with Crippen LogP contribution < -0.4 is 5.32 Å². The van der Waals surface area contributed by atoms with Gasteiger partial charge in [-0.05, 0) is 23.9 Å². The fourth-order valence-corrected chi connectivity index (χ4v) is 3.27. The van der Waals surface area contributed by atoms with Gasteiger partial charge in [-0.2, -0.15) is 0 Å². The number of hydrogen-bond donors (Lipinski definition) is 1. The van der Waals surface area contributed by atoms with Gasteiger partial charge < -0.3 is 10.1 Å². The molecule has 0 aromatic carbocycles. The van der Waals surface area contributed by atoms with Crippen molar-refractivity contribution in [2.45, 2.75) is 13.5 Å². The van der Waals surface area contributed by atoms with Gasteiger partial charge in [0.05, 0.1) is 11.5 Å². The zero-order valence-corrected chi connectivity index (χ0v) is 11.5. The first-order valence-electron chi connectivity index (χ1n) is 5.37. The van der Waals surface area contributed by atoms with Crippen LogP contribution in [0, 0.1) is 6.92 Å². The van der Waals surface area contributed by atoms with E-state index in [1.807, 2.05) is 0 Å². The third kappa shape index (κ3) is 3.32. The molecule has 0 unspecified atom stereocenters. The molecule has 2 aromatic rings. The van der Waals surface area contributed by atoms with E-state index in [1.165, 1.54) is 10.4 Å².